The number of hydrogen-bond acceptors (Lipinski definition) is 4. The quantitative estimate of drug-likeness (QED) is 0.869. The van der Waals surface area contributed by atoms with Crippen molar-refractivity contribution in [1.29, 1.82) is 0 Å². The Morgan fingerprint density at radius 1 is 1.24 bits per heavy atom. The van der Waals surface area contributed by atoms with Gasteiger partial charge in [-0.05, 0) is 25.8 Å². The summed E-state index contributed by atoms with van der Waals surface area (Å²) in [6.45, 7) is 7.51. The molecule has 0 bridgehead atoms. The number of methoxy groups -OCH3 is 1. The molecule has 0 spiro atoms. The number of carbonyl (C=O) groups is 1. The Kier molecular flexibility index (Phi) is 6.20. The molecule has 6 heteroatoms. The third kappa shape index (κ3) is 4.39. The second-order valence-electron chi connectivity index (χ2n) is 6.31. The van der Waals surface area contributed by atoms with Gasteiger partial charge in [0.25, 0.3) is 5.91 Å². The average molecular weight is 345 g/mol. The number of aromatic nitrogens is 2. The molecule has 0 saturated carbocycles. The van der Waals surface area contributed by atoms with E-state index in [0.29, 0.717) is 22.6 Å². The predicted molar refractivity (Wildman–Crippen MR) is 93.9 cm³/mol. The first-order valence-electron chi connectivity index (χ1n) is 8.26. The van der Waals surface area contributed by atoms with Gasteiger partial charge in [-0.3, -0.25) is 4.79 Å². The standard InChI is InChI=1S/C19H24FN3O2/c1-11(2)17-15(10-21-13(4)23-17)19(24)22-12(3)18(25-5)14-8-6-7-9-16(14)20/h6-12,18H,1-5H3,(H,22,24)/t12-,18+/m1/s1. The van der Waals surface area contributed by atoms with Crippen LogP contribution >= 0.6 is 0 Å². The molecule has 2 rings (SSSR count). The Morgan fingerprint density at radius 2 is 1.92 bits per heavy atom. The molecule has 0 radical (unpaired) electrons. The molecule has 1 amide bonds. The van der Waals surface area contributed by atoms with Crippen molar-refractivity contribution in [2.24, 2.45) is 0 Å². The summed E-state index contributed by atoms with van der Waals surface area (Å²) >= 11 is 0. The van der Waals surface area contributed by atoms with E-state index in [9.17, 15) is 9.18 Å². The van der Waals surface area contributed by atoms with E-state index in [0.717, 1.165) is 0 Å². The summed E-state index contributed by atoms with van der Waals surface area (Å²) in [5.74, 6) is 0.0450. The number of ether oxygens (including phenoxy) is 1. The molecule has 0 aliphatic carbocycles. The lowest BCUT2D eigenvalue weighted by Crippen LogP contribution is -2.38. The fourth-order valence-electron chi connectivity index (χ4n) is 2.77. The monoisotopic (exact) mass is 345 g/mol. The fraction of sp³-hybridized carbons (Fsp3) is 0.421. The minimum absolute atomic E-state index is 0.0857. The number of benzene rings is 1. The van der Waals surface area contributed by atoms with E-state index in [4.69, 9.17) is 4.74 Å². The highest BCUT2D eigenvalue weighted by Gasteiger charge is 2.25. The summed E-state index contributed by atoms with van der Waals surface area (Å²) < 4.78 is 19.5. The van der Waals surface area contributed by atoms with Gasteiger partial charge in [-0.25, -0.2) is 14.4 Å². The van der Waals surface area contributed by atoms with Crippen LogP contribution in [0, 0.1) is 12.7 Å². The first-order valence-corrected chi connectivity index (χ1v) is 8.26. The Bertz CT molecular complexity index is 749. The molecule has 134 valence electrons. The van der Waals surface area contributed by atoms with Crippen LogP contribution in [0.2, 0.25) is 0 Å². The number of nitrogens with one attached hydrogen (secondary N) is 1. The van der Waals surface area contributed by atoms with E-state index in [2.05, 4.69) is 15.3 Å². The molecular weight excluding hydrogens is 321 g/mol. The van der Waals surface area contributed by atoms with Gasteiger partial charge in [0.1, 0.15) is 17.7 Å². The van der Waals surface area contributed by atoms with Gasteiger partial charge in [-0.15, -0.1) is 0 Å². The molecule has 5 nitrogen and oxygen atoms in total. The van der Waals surface area contributed by atoms with Gasteiger partial charge < -0.3 is 10.1 Å². The van der Waals surface area contributed by atoms with Gasteiger partial charge in [0.05, 0.1) is 17.3 Å². The second-order valence-corrected chi connectivity index (χ2v) is 6.31. The summed E-state index contributed by atoms with van der Waals surface area (Å²) in [5, 5.41) is 2.88. The van der Waals surface area contributed by atoms with Crippen molar-refractivity contribution in [2.75, 3.05) is 7.11 Å². The van der Waals surface area contributed by atoms with Crippen molar-refractivity contribution in [3.63, 3.8) is 0 Å². The van der Waals surface area contributed by atoms with Crippen LogP contribution in [0.15, 0.2) is 30.5 Å². The van der Waals surface area contributed by atoms with Crippen LogP contribution in [0.25, 0.3) is 0 Å². The van der Waals surface area contributed by atoms with Gasteiger partial charge in [0, 0.05) is 18.9 Å². The van der Waals surface area contributed by atoms with Crippen LogP contribution in [0.4, 0.5) is 4.39 Å². The predicted octanol–water partition coefficient (Wildman–Crippen LogP) is 3.55. The normalized spacial score (nSPS) is 13.6. The van der Waals surface area contributed by atoms with E-state index in [1.807, 2.05) is 13.8 Å². The third-order valence-corrected chi connectivity index (χ3v) is 4.01. The van der Waals surface area contributed by atoms with Gasteiger partial charge in [0.2, 0.25) is 0 Å². The highest BCUT2D eigenvalue weighted by Crippen LogP contribution is 2.24. The minimum atomic E-state index is -0.598. The molecule has 1 aromatic heterocycles. The summed E-state index contributed by atoms with van der Waals surface area (Å²) in [7, 11) is 1.49. The molecule has 0 aliphatic rings. The third-order valence-electron chi connectivity index (χ3n) is 4.01. The van der Waals surface area contributed by atoms with Gasteiger partial charge in [-0.1, -0.05) is 32.0 Å². The maximum absolute atomic E-state index is 14.0. The van der Waals surface area contributed by atoms with Crippen LogP contribution in [0.3, 0.4) is 0 Å². The SMILES string of the molecule is CO[C@H](c1ccccc1F)[C@@H](C)NC(=O)c1cnc(C)nc1C(C)C. The summed E-state index contributed by atoms with van der Waals surface area (Å²) in [6.07, 6.45) is 0.934. The van der Waals surface area contributed by atoms with Gasteiger partial charge >= 0.3 is 0 Å². The maximum atomic E-state index is 14.0. The Labute approximate surface area is 147 Å². The van der Waals surface area contributed by atoms with Crippen LogP contribution in [-0.2, 0) is 4.74 Å². The van der Waals surface area contributed by atoms with Crippen molar-refractivity contribution < 1.29 is 13.9 Å². The molecule has 0 fully saturated rings. The molecule has 0 unspecified atom stereocenters. The molecule has 1 N–H and O–H groups in total. The minimum Gasteiger partial charge on any atom is -0.375 e. The van der Waals surface area contributed by atoms with E-state index >= 15 is 0 Å². The maximum Gasteiger partial charge on any atom is 0.255 e. The molecular formula is C19H24FN3O2. The molecule has 2 atom stereocenters. The fourth-order valence-corrected chi connectivity index (χ4v) is 2.77. The number of aryl methyl sites for hydroxylation is 1. The number of nitrogens with zero attached hydrogens (tertiary/aromatic N) is 2. The highest BCUT2D eigenvalue weighted by molar-refractivity contribution is 5.95. The molecule has 25 heavy (non-hydrogen) atoms. The van der Waals surface area contributed by atoms with E-state index in [-0.39, 0.29) is 17.6 Å². The van der Waals surface area contributed by atoms with Gasteiger partial charge in [-0.2, -0.15) is 0 Å². The molecule has 0 aliphatic heterocycles. The number of halogens is 1. The number of amides is 1. The largest absolute Gasteiger partial charge is 0.375 e. The van der Waals surface area contributed by atoms with Crippen LogP contribution in [0.1, 0.15) is 60.2 Å². The number of carbonyl (C=O) groups excluding carboxylic acids is 1. The lowest BCUT2D eigenvalue weighted by Gasteiger charge is -2.25. The van der Waals surface area contributed by atoms with Crippen molar-refractivity contribution in [1.82, 2.24) is 15.3 Å². The smallest absolute Gasteiger partial charge is 0.255 e. The lowest BCUT2D eigenvalue weighted by molar-refractivity contribution is 0.0624. The van der Waals surface area contributed by atoms with E-state index in [1.54, 1.807) is 32.0 Å². The van der Waals surface area contributed by atoms with Crippen LogP contribution in [0.5, 0.6) is 0 Å². The topological polar surface area (TPSA) is 64.1 Å². The van der Waals surface area contributed by atoms with Crippen LogP contribution < -0.4 is 5.32 Å². The van der Waals surface area contributed by atoms with Crippen molar-refractivity contribution in [2.45, 2.75) is 45.8 Å². The van der Waals surface area contributed by atoms with Crippen molar-refractivity contribution in [3.8, 4) is 0 Å². The lowest BCUT2D eigenvalue weighted by atomic mass is 10.0. The van der Waals surface area contributed by atoms with Crippen molar-refractivity contribution in [3.05, 3.63) is 58.9 Å². The second kappa shape index (κ2) is 8.16. The molecule has 1 aromatic carbocycles. The molecule has 2 aromatic rings. The first-order chi connectivity index (χ1) is 11.8. The highest BCUT2D eigenvalue weighted by atomic mass is 19.1. The summed E-state index contributed by atoms with van der Waals surface area (Å²) in [4.78, 5) is 21.2. The van der Waals surface area contributed by atoms with E-state index < -0.39 is 12.1 Å². The zero-order valence-electron chi connectivity index (χ0n) is 15.2. The zero-order valence-corrected chi connectivity index (χ0v) is 15.2. The molecule has 0 saturated heterocycles. The molecule has 1 heterocycles. The zero-order chi connectivity index (χ0) is 18.6. The van der Waals surface area contributed by atoms with E-state index in [1.165, 1.54) is 19.4 Å². The average Bonchev–Trinajstić information content (AvgIpc) is 2.56. The summed E-state index contributed by atoms with van der Waals surface area (Å²) in [5.41, 5.74) is 1.52. The van der Waals surface area contributed by atoms with Gasteiger partial charge in [0.15, 0.2) is 0 Å². The Hall–Kier alpha value is -2.34. The Balaban J connectivity index is 2.24. The Morgan fingerprint density at radius 3 is 2.52 bits per heavy atom. The van der Waals surface area contributed by atoms with Crippen LogP contribution in [-0.4, -0.2) is 29.0 Å². The summed E-state index contributed by atoms with van der Waals surface area (Å²) in [6, 6.07) is 5.95. The van der Waals surface area contributed by atoms with Crippen molar-refractivity contribution >= 4 is 5.91 Å². The first kappa shape index (κ1) is 19.0. The number of rotatable bonds is 6. The number of hydrogen-bond donors (Lipinski definition) is 1.